The van der Waals surface area contributed by atoms with E-state index >= 15 is 0 Å². The summed E-state index contributed by atoms with van der Waals surface area (Å²) in [7, 11) is 6.17. The number of anilines is 1. The molecule has 2 rings (SSSR count). The number of nitrogens with one attached hydrogen (secondary N) is 1. The molecule has 0 radical (unpaired) electrons. The van der Waals surface area contributed by atoms with Crippen LogP contribution in [0.4, 0.5) is 5.13 Å². The van der Waals surface area contributed by atoms with Crippen LogP contribution in [0, 0.1) is 0 Å². The standard InChI is InChI=1S/C19H37N7S.HI/c1-5-17-22-19(27-23-17)26-15-13-25(14-16-26)18(20-2)21-11-9-7-6-8-10-12-24(3)4;/h5-16H2,1-4H3,(H,20,21);1H. The second-order valence-electron chi connectivity index (χ2n) is 7.37. The maximum Gasteiger partial charge on any atom is 0.205 e. The highest BCUT2D eigenvalue weighted by Gasteiger charge is 2.21. The molecule has 0 bridgehead atoms. The lowest BCUT2D eigenvalue weighted by atomic mass is 10.1. The first-order chi connectivity index (χ1) is 13.1. The van der Waals surface area contributed by atoms with E-state index in [1.54, 1.807) is 0 Å². The van der Waals surface area contributed by atoms with Crippen molar-refractivity contribution < 1.29 is 0 Å². The van der Waals surface area contributed by atoms with Gasteiger partial charge >= 0.3 is 0 Å². The molecule has 1 aromatic rings. The van der Waals surface area contributed by atoms with E-state index in [-0.39, 0.29) is 24.0 Å². The Hall–Kier alpha value is -0.680. The van der Waals surface area contributed by atoms with Gasteiger partial charge in [0.25, 0.3) is 0 Å². The Morgan fingerprint density at radius 3 is 2.39 bits per heavy atom. The second kappa shape index (κ2) is 14.3. The average molecular weight is 524 g/mol. The molecule has 162 valence electrons. The van der Waals surface area contributed by atoms with Crippen molar-refractivity contribution in [2.45, 2.75) is 45.4 Å². The molecule has 0 amide bonds. The maximum atomic E-state index is 4.61. The molecule has 1 saturated heterocycles. The lowest BCUT2D eigenvalue weighted by Gasteiger charge is -2.36. The van der Waals surface area contributed by atoms with Gasteiger partial charge in [-0.1, -0.05) is 26.2 Å². The van der Waals surface area contributed by atoms with E-state index in [9.17, 15) is 0 Å². The van der Waals surface area contributed by atoms with Crippen molar-refractivity contribution >= 4 is 46.6 Å². The van der Waals surface area contributed by atoms with E-state index in [0.29, 0.717) is 0 Å². The van der Waals surface area contributed by atoms with Crippen molar-refractivity contribution in [3.63, 3.8) is 0 Å². The molecule has 0 unspecified atom stereocenters. The molecule has 1 aromatic heterocycles. The number of aryl methyl sites for hydroxylation is 1. The Bertz CT molecular complexity index is 556. The molecule has 0 spiro atoms. The van der Waals surface area contributed by atoms with Gasteiger partial charge in [-0.15, -0.1) is 24.0 Å². The van der Waals surface area contributed by atoms with E-state index in [2.05, 4.69) is 55.4 Å². The molecule has 2 heterocycles. The monoisotopic (exact) mass is 523 g/mol. The van der Waals surface area contributed by atoms with Gasteiger partial charge in [0.2, 0.25) is 5.13 Å². The summed E-state index contributed by atoms with van der Waals surface area (Å²) in [6.07, 6.45) is 7.38. The fourth-order valence-electron chi connectivity index (χ4n) is 3.24. The molecule has 1 N–H and O–H groups in total. The lowest BCUT2D eigenvalue weighted by Crippen LogP contribution is -2.52. The molecule has 0 aromatic carbocycles. The van der Waals surface area contributed by atoms with Gasteiger partial charge < -0.3 is 20.0 Å². The van der Waals surface area contributed by atoms with Crippen molar-refractivity contribution in [3.8, 4) is 0 Å². The Labute approximate surface area is 192 Å². The molecule has 0 saturated carbocycles. The second-order valence-corrected chi connectivity index (χ2v) is 8.10. The number of unbranched alkanes of at least 4 members (excludes halogenated alkanes) is 4. The Kier molecular flexibility index (Phi) is 13.0. The minimum atomic E-state index is 0. The molecule has 1 aliphatic rings. The van der Waals surface area contributed by atoms with Crippen LogP contribution in [-0.2, 0) is 6.42 Å². The van der Waals surface area contributed by atoms with Gasteiger partial charge in [0.05, 0.1) is 0 Å². The number of hydrogen-bond acceptors (Lipinski definition) is 6. The van der Waals surface area contributed by atoms with Gasteiger partial charge in [0.1, 0.15) is 5.82 Å². The summed E-state index contributed by atoms with van der Waals surface area (Å²) in [5, 5.41) is 4.60. The van der Waals surface area contributed by atoms with Crippen LogP contribution in [0.5, 0.6) is 0 Å². The minimum absolute atomic E-state index is 0. The molecule has 0 aliphatic carbocycles. The SMILES string of the molecule is CCc1nsc(N2CCN(C(=NC)NCCCCCCCN(C)C)CC2)n1.I. The van der Waals surface area contributed by atoms with Gasteiger partial charge in [0.15, 0.2) is 5.96 Å². The summed E-state index contributed by atoms with van der Waals surface area (Å²) in [5.41, 5.74) is 0. The highest BCUT2D eigenvalue weighted by atomic mass is 127. The van der Waals surface area contributed by atoms with Crippen molar-refractivity contribution in [2.24, 2.45) is 4.99 Å². The van der Waals surface area contributed by atoms with Gasteiger partial charge in [-0.3, -0.25) is 4.99 Å². The fourth-order valence-corrected chi connectivity index (χ4v) is 4.04. The van der Waals surface area contributed by atoms with E-state index in [4.69, 9.17) is 0 Å². The van der Waals surface area contributed by atoms with E-state index in [0.717, 1.165) is 56.1 Å². The zero-order valence-corrected chi connectivity index (χ0v) is 21.1. The van der Waals surface area contributed by atoms with E-state index in [1.165, 1.54) is 50.2 Å². The number of nitrogens with zero attached hydrogens (tertiary/aromatic N) is 6. The van der Waals surface area contributed by atoms with Gasteiger partial charge in [-0.05, 0) is 33.5 Å². The molecule has 9 heteroatoms. The molecule has 1 aliphatic heterocycles. The van der Waals surface area contributed by atoms with Crippen LogP contribution in [0.2, 0.25) is 0 Å². The fraction of sp³-hybridized carbons (Fsp3) is 0.842. The van der Waals surface area contributed by atoms with Crippen LogP contribution < -0.4 is 10.2 Å². The number of piperazine rings is 1. The third kappa shape index (κ3) is 8.77. The minimum Gasteiger partial charge on any atom is -0.356 e. The first-order valence-corrected chi connectivity index (χ1v) is 11.1. The summed E-state index contributed by atoms with van der Waals surface area (Å²) in [6, 6.07) is 0. The van der Waals surface area contributed by atoms with Crippen molar-refractivity contribution in [1.29, 1.82) is 0 Å². The van der Waals surface area contributed by atoms with E-state index in [1.807, 2.05) is 7.05 Å². The van der Waals surface area contributed by atoms with Crippen molar-refractivity contribution in [2.75, 3.05) is 65.3 Å². The molecule has 28 heavy (non-hydrogen) atoms. The highest BCUT2D eigenvalue weighted by Crippen LogP contribution is 2.19. The predicted octanol–water partition coefficient (Wildman–Crippen LogP) is 2.93. The largest absolute Gasteiger partial charge is 0.356 e. The molecule has 1 fully saturated rings. The topological polar surface area (TPSA) is 59.9 Å². The van der Waals surface area contributed by atoms with E-state index < -0.39 is 0 Å². The highest BCUT2D eigenvalue weighted by molar-refractivity contribution is 14.0. The van der Waals surface area contributed by atoms with Gasteiger partial charge in [-0.2, -0.15) is 4.37 Å². The quantitative estimate of drug-likeness (QED) is 0.220. The Balaban J connectivity index is 0.00000392. The number of halogens is 1. The van der Waals surface area contributed by atoms with Crippen molar-refractivity contribution in [3.05, 3.63) is 5.82 Å². The normalized spacial score (nSPS) is 15.1. The Morgan fingerprint density at radius 1 is 1.11 bits per heavy atom. The summed E-state index contributed by atoms with van der Waals surface area (Å²) in [5.74, 6) is 1.99. The average Bonchev–Trinajstić information content (AvgIpc) is 3.16. The zero-order chi connectivity index (χ0) is 19.5. The first kappa shape index (κ1) is 25.4. The van der Waals surface area contributed by atoms with Crippen LogP contribution in [0.1, 0.15) is 44.9 Å². The number of aromatic nitrogens is 2. The predicted molar refractivity (Wildman–Crippen MR) is 131 cm³/mol. The molecule has 0 atom stereocenters. The van der Waals surface area contributed by atoms with Gasteiger partial charge in [-0.25, -0.2) is 4.98 Å². The van der Waals surface area contributed by atoms with Gasteiger partial charge in [0, 0.05) is 57.7 Å². The van der Waals surface area contributed by atoms with Crippen molar-refractivity contribution in [1.82, 2.24) is 24.5 Å². The van der Waals surface area contributed by atoms with Crippen LogP contribution >= 0.6 is 35.5 Å². The smallest absolute Gasteiger partial charge is 0.205 e. The lowest BCUT2D eigenvalue weighted by molar-refractivity contribution is 0.371. The third-order valence-electron chi connectivity index (χ3n) is 4.90. The van der Waals surface area contributed by atoms with Crippen LogP contribution in [0.15, 0.2) is 4.99 Å². The molecular formula is C19H38IN7S. The first-order valence-electron chi connectivity index (χ1n) is 10.3. The number of aliphatic imine (C=N–C) groups is 1. The maximum absolute atomic E-state index is 4.61. The number of hydrogen-bond donors (Lipinski definition) is 1. The summed E-state index contributed by atoms with van der Waals surface area (Å²) < 4.78 is 4.40. The third-order valence-corrected chi connectivity index (χ3v) is 5.72. The Morgan fingerprint density at radius 2 is 1.79 bits per heavy atom. The molecule has 7 nitrogen and oxygen atoms in total. The summed E-state index contributed by atoms with van der Waals surface area (Å²) >= 11 is 1.52. The summed E-state index contributed by atoms with van der Waals surface area (Å²) in [4.78, 5) is 16.0. The summed E-state index contributed by atoms with van der Waals surface area (Å²) in [6.45, 7) is 8.22. The number of rotatable bonds is 10. The van der Waals surface area contributed by atoms with Crippen LogP contribution in [0.3, 0.4) is 0 Å². The van der Waals surface area contributed by atoms with Crippen LogP contribution in [-0.4, -0.2) is 85.5 Å². The van der Waals surface area contributed by atoms with Crippen LogP contribution in [0.25, 0.3) is 0 Å². The molecular weight excluding hydrogens is 485 g/mol. The zero-order valence-electron chi connectivity index (χ0n) is 18.0. The number of guanidine groups is 1.